The van der Waals surface area contributed by atoms with Gasteiger partial charge in [-0.15, -0.1) is 0 Å². The summed E-state index contributed by atoms with van der Waals surface area (Å²) in [6, 6.07) is 20.3. The number of halogens is 1. The lowest BCUT2D eigenvalue weighted by Crippen LogP contribution is -2.51. The predicted octanol–water partition coefficient (Wildman–Crippen LogP) is 4.93. The first-order chi connectivity index (χ1) is 15.4. The summed E-state index contributed by atoms with van der Waals surface area (Å²) in [5.74, 6) is -1.76. The van der Waals surface area contributed by atoms with Crippen LogP contribution in [0.25, 0.3) is 0 Å². The van der Waals surface area contributed by atoms with Gasteiger partial charge in [0.2, 0.25) is 11.8 Å². The number of carbonyl (C=O) groups is 2. The van der Waals surface area contributed by atoms with Gasteiger partial charge in [-0.2, -0.15) is 0 Å². The van der Waals surface area contributed by atoms with Crippen molar-refractivity contribution in [3.8, 4) is 0 Å². The van der Waals surface area contributed by atoms with Crippen LogP contribution in [0.4, 0.5) is 11.4 Å². The van der Waals surface area contributed by atoms with Crippen molar-refractivity contribution in [2.75, 3.05) is 4.90 Å². The van der Waals surface area contributed by atoms with Crippen molar-refractivity contribution >= 4 is 39.1 Å². The van der Waals surface area contributed by atoms with Crippen molar-refractivity contribution in [3.05, 3.63) is 104 Å². The second-order valence-electron chi connectivity index (χ2n) is 8.76. The van der Waals surface area contributed by atoms with Gasteiger partial charge in [0.1, 0.15) is 0 Å². The predicted molar refractivity (Wildman–Crippen MR) is 121 cm³/mol. The minimum absolute atomic E-state index is 0.107. The fourth-order valence-corrected chi connectivity index (χ4v) is 6.72. The number of amides is 2. The lowest BCUT2D eigenvalue weighted by atomic mass is 9.48. The maximum absolute atomic E-state index is 13.9. The van der Waals surface area contributed by atoms with Gasteiger partial charge in [-0.1, -0.05) is 55.5 Å². The van der Waals surface area contributed by atoms with Crippen LogP contribution in [0.3, 0.4) is 0 Å². The first-order valence-electron chi connectivity index (χ1n) is 10.4. The number of imide groups is 1. The molecule has 3 aromatic rings. The average molecular weight is 489 g/mol. The molecular weight excluding hydrogens is 472 g/mol. The fourth-order valence-electron chi connectivity index (χ4n) is 6.18. The zero-order chi connectivity index (χ0) is 22.4. The fraction of sp³-hybridized carbons (Fsp3) is 0.200. The highest BCUT2D eigenvalue weighted by Crippen LogP contribution is 2.64. The molecule has 4 aliphatic rings. The third kappa shape index (κ3) is 2.19. The standard InChI is InChI=1S/C25H17BrN2O4/c1-25-16-8-4-2-6-14(16)20(15-7-3-5-9-17(15)25)21-22(25)24(30)27(23(21)29)19-11-10-13(28(31)32)12-18(19)26/h2-12,20-22H,1H3/t20?,21-,22+,25?/m0/s1. The van der Waals surface area contributed by atoms with Crippen LogP contribution >= 0.6 is 15.9 Å². The van der Waals surface area contributed by atoms with E-state index < -0.39 is 22.2 Å². The van der Waals surface area contributed by atoms with Gasteiger partial charge < -0.3 is 0 Å². The molecular formula is C25H17BrN2O4. The van der Waals surface area contributed by atoms with Crippen LogP contribution in [0.2, 0.25) is 0 Å². The first-order valence-corrected chi connectivity index (χ1v) is 11.2. The molecule has 2 atom stereocenters. The van der Waals surface area contributed by atoms with Gasteiger partial charge in [0.05, 0.1) is 22.4 Å². The minimum Gasteiger partial charge on any atom is -0.274 e. The third-order valence-electron chi connectivity index (χ3n) is 7.43. The third-order valence-corrected chi connectivity index (χ3v) is 8.06. The summed E-state index contributed by atoms with van der Waals surface area (Å²) in [5, 5.41) is 11.1. The summed E-state index contributed by atoms with van der Waals surface area (Å²) in [5.41, 5.74) is 3.98. The number of benzene rings is 3. The Morgan fingerprint density at radius 3 is 2.09 bits per heavy atom. The van der Waals surface area contributed by atoms with Crippen molar-refractivity contribution in [2.24, 2.45) is 11.8 Å². The lowest BCUT2D eigenvalue weighted by molar-refractivity contribution is -0.384. The highest BCUT2D eigenvalue weighted by Gasteiger charge is 2.66. The summed E-state index contributed by atoms with van der Waals surface area (Å²) < 4.78 is 0.347. The summed E-state index contributed by atoms with van der Waals surface area (Å²) in [6.45, 7) is 2.07. The molecule has 2 bridgehead atoms. The molecule has 3 aliphatic carbocycles. The Balaban J connectivity index is 1.57. The number of hydrogen-bond donors (Lipinski definition) is 0. The van der Waals surface area contributed by atoms with Crippen molar-refractivity contribution in [1.82, 2.24) is 0 Å². The second kappa shape index (κ2) is 6.36. The summed E-state index contributed by atoms with van der Waals surface area (Å²) >= 11 is 3.35. The first kappa shape index (κ1) is 19.4. The van der Waals surface area contributed by atoms with Crippen molar-refractivity contribution < 1.29 is 14.5 Å². The normalized spacial score (nSPS) is 27.2. The SMILES string of the molecule is CC12c3ccccc3C(c3ccccc31)[C@@H]1C(=O)N(c3ccc([N+](=O)[O-])cc3Br)C(=O)[C@@H]12. The van der Waals surface area contributed by atoms with Gasteiger partial charge in [-0.05, 0) is 44.3 Å². The van der Waals surface area contributed by atoms with Crippen molar-refractivity contribution in [1.29, 1.82) is 0 Å². The van der Waals surface area contributed by atoms with Crippen LogP contribution < -0.4 is 4.90 Å². The van der Waals surface area contributed by atoms with E-state index in [2.05, 4.69) is 47.1 Å². The Morgan fingerprint density at radius 2 is 1.53 bits per heavy atom. The molecule has 0 radical (unpaired) electrons. The zero-order valence-corrected chi connectivity index (χ0v) is 18.6. The van der Waals surface area contributed by atoms with Gasteiger partial charge in [0.25, 0.3) is 5.69 Å². The zero-order valence-electron chi connectivity index (χ0n) is 17.0. The Labute approximate surface area is 192 Å². The van der Waals surface area contributed by atoms with Crippen LogP contribution in [-0.4, -0.2) is 16.7 Å². The topological polar surface area (TPSA) is 80.5 Å². The van der Waals surface area contributed by atoms with E-state index in [-0.39, 0.29) is 23.4 Å². The average Bonchev–Trinajstić information content (AvgIpc) is 3.06. The molecule has 1 fully saturated rings. The molecule has 1 aliphatic heterocycles. The monoisotopic (exact) mass is 488 g/mol. The van der Waals surface area contributed by atoms with Crippen LogP contribution in [0.5, 0.6) is 0 Å². The minimum atomic E-state index is -0.638. The van der Waals surface area contributed by atoms with E-state index in [4.69, 9.17) is 0 Å². The van der Waals surface area contributed by atoms with Crippen molar-refractivity contribution in [2.45, 2.75) is 18.3 Å². The molecule has 0 unspecified atom stereocenters. The van der Waals surface area contributed by atoms with Gasteiger partial charge >= 0.3 is 0 Å². The number of anilines is 1. The molecule has 158 valence electrons. The van der Waals surface area contributed by atoms with Gasteiger partial charge in [0.15, 0.2) is 0 Å². The molecule has 7 rings (SSSR count). The van der Waals surface area contributed by atoms with Crippen LogP contribution in [0.1, 0.15) is 35.1 Å². The van der Waals surface area contributed by atoms with Gasteiger partial charge in [0, 0.05) is 27.9 Å². The molecule has 0 aromatic heterocycles. The second-order valence-corrected chi connectivity index (χ2v) is 9.62. The van der Waals surface area contributed by atoms with Gasteiger partial charge in [-0.3, -0.25) is 19.7 Å². The van der Waals surface area contributed by atoms with Crippen LogP contribution in [0.15, 0.2) is 71.2 Å². The van der Waals surface area contributed by atoms with E-state index in [1.807, 2.05) is 24.3 Å². The maximum Gasteiger partial charge on any atom is 0.270 e. The Kier molecular flexibility index (Phi) is 3.85. The van der Waals surface area contributed by atoms with E-state index >= 15 is 0 Å². The summed E-state index contributed by atoms with van der Waals surface area (Å²) in [7, 11) is 0. The molecule has 3 aromatic carbocycles. The molecule has 2 amide bonds. The quantitative estimate of drug-likeness (QED) is 0.291. The lowest BCUT2D eigenvalue weighted by Gasteiger charge is -2.52. The molecule has 1 saturated heterocycles. The van der Waals surface area contributed by atoms with Gasteiger partial charge in [-0.25, -0.2) is 4.90 Å². The number of hydrogen-bond acceptors (Lipinski definition) is 4. The summed E-state index contributed by atoms with van der Waals surface area (Å²) in [6.07, 6.45) is 0. The van der Waals surface area contributed by atoms with E-state index in [0.717, 1.165) is 22.3 Å². The molecule has 7 heteroatoms. The number of non-ortho nitro benzene ring substituents is 1. The highest BCUT2D eigenvalue weighted by atomic mass is 79.9. The molecule has 32 heavy (non-hydrogen) atoms. The van der Waals surface area contributed by atoms with Crippen LogP contribution in [0, 0.1) is 22.0 Å². The number of carbonyl (C=O) groups excluding carboxylic acids is 2. The molecule has 1 heterocycles. The summed E-state index contributed by atoms with van der Waals surface area (Å²) in [4.78, 5) is 39.6. The molecule has 0 spiro atoms. The van der Waals surface area contributed by atoms with Crippen LogP contribution in [-0.2, 0) is 15.0 Å². The Hall–Kier alpha value is -3.32. The van der Waals surface area contributed by atoms with E-state index in [1.54, 1.807) is 0 Å². The molecule has 0 saturated carbocycles. The highest BCUT2D eigenvalue weighted by molar-refractivity contribution is 9.10. The number of nitro groups is 1. The number of rotatable bonds is 2. The molecule has 6 nitrogen and oxygen atoms in total. The van der Waals surface area contributed by atoms with Crippen molar-refractivity contribution in [3.63, 3.8) is 0 Å². The number of nitro benzene ring substituents is 1. The van der Waals surface area contributed by atoms with E-state index in [1.165, 1.54) is 23.1 Å². The Morgan fingerprint density at radius 1 is 0.938 bits per heavy atom. The van der Waals surface area contributed by atoms with E-state index in [0.29, 0.717) is 10.2 Å². The molecule has 0 N–H and O–H groups in total. The van der Waals surface area contributed by atoms with E-state index in [9.17, 15) is 19.7 Å². The Bertz CT molecular complexity index is 1320. The smallest absolute Gasteiger partial charge is 0.270 e. The number of nitrogens with zero attached hydrogens (tertiary/aromatic N) is 2. The maximum atomic E-state index is 13.9. The largest absolute Gasteiger partial charge is 0.274 e.